The number of hydrogen-bond acceptors (Lipinski definition) is 2. The molecule has 0 aliphatic carbocycles. The normalized spacial score (nSPS) is 12.7. The average molecular weight is 728 g/mol. The summed E-state index contributed by atoms with van der Waals surface area (Å²) < 4.78 is 163. The van der Waals surface area contributed by atoms with Crippen LogP contribution in [0.25, 0.3) is 0 Å². The number of alkyl halides is 10. The zero-order chi connectivity index (χ0) is 32.0. The van der Waals surface area contributed by atoms with Crippen molar-refractivity contribution in [3.63, 3.8) is 0 Å². The van der Waals surface area contributed by atoms with Gasteiger partial charge in [0, 0.05) is 16.2 Å². The summed E-state index contributed by atoms with van der Waals surface area (Å²) in [5.74, 6) is -5.23. The molecule has 1 N–H and O–H groups in total. The molecule has 42 heavy (non-hydrogen) atoms. The van der Waals surface area contributed by atoms with Gasteiger partial charge in [-0.25, -0.2) is 13.2 Å². The molecule has 3 rings (SSSR count). The Hall–Kier alpha value is -3.51. The van der Waals surface area contributed by atoms with Crippen LogP contribution in [0.3, 0.4) is 0 Å². The van der Waals surface area contributed by atoms with Gasteiger partial charge in [0.05, 0.1) is 28.1 Å². The van der Waals surface area contributed by atoms with Crippen molar-refractivity contribution in [2.24, 2.45) is 0 Å². The van der Waals surface area contributed by atoms with Crippen LogP contribution in [0, 0.1) is 15.2 Å². The lowest BCUT2D eigenvalue weighted by Gasteiger charge is -2.31. The van der Waals surface area contributed by atoms with Crippen molar-refractivity contribution in [2.75, 3.05) is 17.3 Å². The average Bonchev–Trinajstić information content (AvgIpc) is 2.86. The number of anilines is 2. The maximum atomic E-state index is 15.3. The number of hydrogen-bond donors (Lipinski definition) is 1. The lowest BCUT2D eigenvalue weighted by molar-refractivity contribution is -0.348. The molecule has 3 aromatic rings. The van der Waals surface area contributed by atoms with E-state index in [2.05, 4.69) is 0 Å². The van der Waals surface area contributed by atoms with E-state index in [0.717, 1.165) is 60.0 Å². The summed E-state index contributed by atoms with van der Waals surface area (Å²) in [6.45, 7) is 0. The summed E-state index contributed by atoms with van der Waals surface area (Å²) in [5.41, 5.74) is -14.5. The second kappa shape index (κ2) is 11.3. The predicted molar refractivity (Wildman–Crippen MR) is 133 cm³/mol. The molecule has 0 atom stereocenters. The Morgan fingerprint density at radius 3 is 1.86 bits per heavy atom. The van der Waals surface area contributed by atoms with Gasteiger partial charge in [0.1, 0.15) is 5.82 Å². The van der Waals surface area contributed by atoms with E-state index >= 15 is 4.39 Å². The Labute approximate surface area is 241 Å². The first kappa shape index (κ1) is 33.0. The molecule has 226 valence electrons. The molecule has 0 unspecified atom stereocenters. The molecule has 0 spiro atoms. The van der Waals surface area contributed by atoms with Gasteiger partial charge in [-0.15, -0.1) is 0 Å². The van der Waals surface area contributed by atoms with Crippen LogP contribution in [-0.2, 0) is 11.8 Å². The van der Waals surface area contributed by atoms with Crippen molar-refractivity contribution in [3.05, 3.63) is 92.1 Å². The van der Waals surface area contributed by atoms with Gasteiger partial charge in [-0.1, -0.05) is 18.2 Å². The van der Waals surface area contributed by atoms with Crippen molar-refractivity contribution in [1.29, 1.82) is 0 Å². The number of halogens is 13. The zero-order valence-electron chi connectivity index (χ0n) is 20.4. The van der Waals surface area contributed by atoms with Crippen LogP contribution in [0.4, 0.5) is 64.1 Å². The van der Waals surface area contributed by atoms with E-state index in [-0.39, 0.29) is 6.07 Å². The molecule has 0 aliphatic heterocycles. The van der Waals surface area contributed by atoms with E-state index in [0.29, 0.717) is 4.90 Å². The van der Waals surface area contributed by atoms with Gasteiger partial charge < -0.3 is 10.2 Å². The van der Waals surface area contributed by atoms with Crippen LogP contribution in [0.2, 0.25) is 0 Å². The van der Waals surface area contributed by atoms with E-state index in [1.165, 1.54) is 12.1 Å². The largest absolute Gasteiger partial charge is 0.435 e. The predicted octanol–water partition coefficient (Wildman–Crippen LogP) is 8.41. The molecule has 2 amide bonds. The van der Waals surface area contributed by atoms with Crippen molar-refractivity contribution in [1.82, 2.24) is 0 Å². The number of nitrogens with zero attached hydrogens (tertiary/aromatic N) is 1. The molecule has 0 fully saturated rings. The Morgan fingerprint density at radius 1 is 0.786 bits per heavy atom. The van der Waals surface area contributed by atoms with E-state index in [1.807, 2.05) is 0 Å². The number of carbonyl (C=O) groups excluding carboxylic acids is 2. The van der Waals surface area contributed by atoms with Gasteiger partial charge in [-0.3, -0.25) is 9.59 Å². The molecule has 0 bridgehead atoms. The third kappa shape index (κ3) is 6.00. The van der Waals surface area contributed by atoms with Gasteiger partial charge in [-0.2, -0.15) is 39.5 Å². The van der Waals surface area contributed by atoms with Crippen LogP contribution in [0.1, 0.15) is 31.8 Å². The van der Waals surface area contributed by atoms with E-state index in [1.54, 1.807) is 5.32 Å². The monoisotopic (exact) mass is 728 g/mol. The minimum Gasteiger partial charge on any atom is -0.320 e. The molecule has 0 saturated carbocycles. The van der Waals surface area contributed by atoms with E-state index in [4.69, 9.17) is 0 Å². The minimum atomic E-state index is -6.72. The SMILES string of the molecule is CN(C(=O)c1ccccc1F)c1cccc(C(=O)Nc2c(I)cc(C(F)(C(F)(F)F)C(F)(F)F)cc2C(F)(F)F)c1F. The number of rotatable bonds is 5. The molecule has 17 heteroatoms. The Balaban J connectivity index is 2.09. The van der Waals surface area contributed by atoms with Crippen molar-refractivity contribution < 1.29 is 62.3 Å². The minimum absolute atomic E-state index is 0.194. The lowest BCUT2D eigenvalue weighted by Crippen LogP contribution is -2.50. The number of benzene rings is 3. The lowest BCUT2D eigenvalue weighted by atomic mass is 9.92. The zero-order valence-corrected chi connectivity index (χ0v) is 22.5. The maximum absolute atomic E-state index is 15.3. The third-order valence-electron chi connectivity index (χ3n) is 5.81. The van der Waals surface area contributed by atoms with Crippen LogP contribution in [-0.4, -0.2) is 31.2 Å². The van der Waals surface area contributed by atoms with Gasteiger partial charge in [0.15, 0.2) is 5.82 Å². The molecule has 0 aromatic heterocycles. The standard InChI is InChI=1S/C25H13F12IN2O2/c1-40(21(42)12-5-2-3-7-15(12)26)17-8-4-6-13(18(17)27)20(41)39-19-14(23(29,30)31)9-11(10-16(19)38)22(28,24(32,33)34)25(35,36)37/h2-10H,1H3,(H,39,41). The van der Waals surface area contributed by atoms with Crippen LogP contribution in [0.5, 0.6) is 0 Å². The van der Waals surface area contributed by atoms with E-state index in [9.17, 15) is 57.9 Å². The van der Waals surface area contributed by atoms with Crippen molar-refractivity contribution in [2.45, 2.75) is 24.2 Å². The molecule has 0 heterocycles. The second-order valence-electron chi connectivity index (χ2n) is 8.47. The summed E-state index contributed by atoms with van der Waals surface area (Å²) in [4.78, 5) is 26.0. The summed E-state index contributed by atoms with van der Waals surface area (Å²) in [6.07, 6.45) is -19.2. The van der Waals surface area contributed by atoms with Crippen LogP contribution < -0.4 is 10.2 Å². The Kier molecular flexibility index (Phi) is 8.87. The molecular weight excluding hydrogens is 715 g/mol. The molecule has 0 aliphatic rings. The third-order valence-corrected chi connectivity index (χ3v) is 6.66. The summed E-state index contributed by atoms with van der Waals surface area (Å²) in [7, 11) is 0.989. The molecule has 4 nitrogen and oxygen atoms in total. The van der Waals surface area contributed by atoms with Gasteiger partial charge in [0.25, 0.3) is 11.8 Å². The number of amides is 2. The Morgan fingerprint density at radius 2 is 1.33 bits per heavy atom. The van der Waals surface area contributed by atoms with Gasteiger partial charge in [0.2, 0.25) is 0 Å². The topological polar surface area (TPSA) is 49.4 Å². The van der Waals surface area contributed by atoms with Gasteiger partial charge in [-0.05, 0) is 59.0 Å². The highest BCUT2D eigenvalue weighted by atomic mass is 127. The first-order valence-electron chi connectivity index (χ1n) is 11.0. The van der Waals surface area contributed by atoms with Crippen LogP contribution in [0.15, 0.2) is 54.6 Å². The van der Waals surface area contributed by atoms with Crippen molar-refractivity contribution >= 4 is 45.8 Å². The highest BCUT2D eigenvalue weighted by Gasteiger charge is 2.73. The fraction of sp³-hybridized carbons (Fsp3) is 0.200. The second-order valence-corrected chi connectivity index (χ2v) is 9.63. The van der Waals surface area contributed by atoms with Crippen LogP contribution >= 0.6 is 22.6 Å². The fourth-order valence-electron chi connectivity index (χ4n) is 3.70. The quantitative estimate of drug-likeness (QED) is 0.212. The first-order valence-corrected chi connectivity index (χ1v) is 12.1. The first-order chi connectivity index (χ1) is 19.1. The number of carbonyl (C=O) groups is 2. The highest BCUT2D eigenvalue weighted by Crippen LogP contribution is 2.54. The van der Waals surface area contributed by atoms with Crippen molar-refractivity contribution in [3.8, 4) is 0 Å². The molecule has 3 aromatic carbocycles. The molecule has 0 saturated heterocycles. The van der Waals surface area contributed by atoms with Gasteiger partial charge >= 0.3 is 24.2 Å². The molecular formula is C25H13F12IN2O2. The maximum Gasteiger partial charge on any atom is 0.435 e. The summed E-state index contributed by atoms with van der Waals surface area (Å²) in [6, 6.07) is 6.29. The summed E-state index contributed by atoms with van der Waals surface area (Å²) in [5, 5.41) is 1.58. The number of nitrogens with one attached hydrogen (secondary N) is 1. The summed E-state index contributed by atoms with van der Waals surface area (Å²) >= 11 is 0.847. The Bertz CT molecular complexity index is 1520. The highest BCUT2D eigenvalue weighted by molar-refractivity contribution is 14.1. The smallest absolute Gasteiger partial charge is 0.320 e. The fourth-order valence-corrected chi connectivity index (χ4v) is 4.46. The van der Waals surface area contributed by atoms with E-state index < -0.39 is 90.9 Å². The molecule has 0 radical (unpaired) electrons.